The second kappa shape index (κ2) is 8.47. The SMILES string of the molecule is CC(=O)N1CCN([C@H]2CCN(C(=O)c3nccc4ccccc34)CC[C@@H]2O)CC1. The van der Waals surface area contributed by atoms with E-state index in [1.54, 1.807) is 13.1 Å². The van der Waals surface area contributed by atoms with E-state index in [2.05, 4.69) is 9.88 Å². The summed E-state index contributed by atoms with van der Waals surface area (Å²) >= 11 is 0. The summed E-state index contributed by atoms with van der Waals surface area (Å²) < 4.78 is 0. The van der Waals surface area contributed by atoms with Crippen LogP contribution in [0.15, 0.2) is 36.5 Å². The normalized spacial score (nSPS) is 23.8. The van der Waals surface area contributed by atoms with Gasteiger partial charge in [0.25, 0.3) is 5.91 Å². The number of piperazine rings is 1. The molecule has 2 saturated heterocycles. The molecular weight excluding hydrogens is 368 g/mol. The topological polar surface area (TPSA) is 77.0 Å². The minimum absolute atomic E-state index is 0.0161. The van der Waals surface area contributed by atoms with Gasteiger partial charge in [-0.1, -0.05) is 24.3 Å². The van der Waals surface area contributed by atoms with Crippen LogP contribution in [0.25, 0.3) is 10.8 Å². The average Bonchev–Trinajstić information content (AvgIpc) is 2.94. The van der Waals surface area contributed by atoms with E-state index in [4.69, 9.17) is 0 Å². The monoisotopic (exact) mass is 396 g/mol. The van der Waals surface area contributed by atoms with Gasteiger partial charge in [-0.2, -0.15) is 0 Å². The molecule has 0 spiro atoms. The van der Waals surface area contributed by atoms with Crippen LogP contribution in [-0.4, -0.2) is 88.0 Å². The Bertz CT molecular complexity index is 889. The Morgan fingerprint density at radius 2 is 1.69 bits per heavy atom. The van der Waals surface area contributed by atoms with Crippen molar-refractivity contribution in [1.82, 2.24) is 19.7 Å². The number of pyridine rings is 1. The number of amides is 2. The van der Waals surface area contributed by atoms with Gasteiger partial charge < -0.3 is 14.9 Å². The van der Waals surface area contributed by atoms with Crippen LogP contribution < -0.4 is 0 Å². The molecule has 0 bridgehead atoms. The van der Waals surface area contributed by atoms with E-state index in [9.17, 15) is 14.7 Å². The number of carbonyl (C=O) groups excluding carboxylic acids is 2. The Morgan fingerprint density at radius 1 is 0.966 bits per heavy atom. The highest BCUT2D eigenvalue weighted by atomic mass is 16.3. The Kier molecular flexibility index (Phi) is 5.78. The van der Waals surface area contributed by atoms with Crippen molar-refractivity contribution in [3.05, 3.63) is 42.2 Å². The maximum atomic E-state index is 13.2. The molecule has 29 heavy (non-hydrogen) atoms. The maximum absolute atomic E-state index is 13.2. The molecule has 0 aliphatic carbocycles. The fourth-order valence-corrected chi connectivity index (χ4v) is 4.51. The van der Waals surface area contributed by atoms with Crippen LogP contribution in [0.2, 0.25) is 0 Å². The number of nitrogens with zero attached hydrogens (tertiary/aromatic N) is 4. The number of benzene rings is 1. The summed E-state index contributed by atoms with van der Waals surface area (Å²) in [4.78, 5) is 35.1. The third-order valence-electron chi connectivity index (χ3n) is 6.23. The Balaban J connectivity index is 1.45. The van der Waals surface area contributed by atoms with Crippen molar-refractivity contribution in [2.45, 2.75) is 31.9 Å². The molecule has 2 amide bonds. The molecule has 154 valence electrons. The molecule has 0 unspecified atom stereocenters. The molecule has 7 nitrogen and oxygen atoms in total. The molecule has 7 heteroatoms. The molecule has 2 aliphatic rings. The van der Waals surface area contributed by atoms with E-state index in [1.165, 1.54) is 0 Å². The Morgan fingerprint density at radius 3 is 2.45 bits per heavy atom. The van der Waals surface area contributed by atoms with Gasteiger partial charge in [0.05, 0.1) is 6.10 Å². The van der Waals surface area contributed by atoms with Crippen LogP contribution in [0.1, 0.15) is 30.3 Å². The second-order valence-electron chi connectivity index (χ2n) is 7.93. The van der Waals surface area contributed by atoms with Crippen molar-refractivity contribution >= 4 is 22.6 Å². The number of hydrogen-bond donors (Lipinski definition) is 1. The van der Waals surface area contributed by atoms with Crippen LogP contribution >= 0.6 is 0 Å². The minimum Gasteiger partial charge on any atom is -0.391 e. The Labute approximate surface area is 170 Å². The van der Waals surface area contributed by atoms with E-state index in [-0.39, 0.29) is 17.9 Å². The first-order valence-corrected chi connectivity index (χ1v) is 10.4. The molecule has 2 atom stereocenters. The molecule has 0 saturated carbocycles. The summed E-state index contributed by atoms with van der Waals surface area (Å²) in [7, 11) is 0. The summed E-state index contributed by atoms with van der Waals surface area (Å²) in [6.07, 6.45) is 2.47. The third-order valence-corrected chi connectivity index (χ3v) is 6.23. The minimum atomic E-state index is -0.475. The van der Waals surface area contributed by atoms with Gasteiger partial charge in [0.2, 0.25) is 5.91 Å². The number of aromatic nitrogens is 1. The van der Waals surface area contributed by atoms with Crippen LogP contribution in [0, 0.1) is 0 Å². The second-order valence-corrected chi connectivity index (χ2v) is 7.93. The molecule has 0 radical (unpaired) electrons. The van der Waals surface area contributed by atoms with E-state index in [0.717, 1.165) is 30.3 Å². The van der Waals surface area contributed by atoms with Crippen LogP contribution in [0.4, 0.5) is 0 Å². The van der Waals surface area contributed by atoms with Gasteiger partial charge in [-0.05, 0) is 24.3 Å². The highest BCUT2D eigenvalue weighted by molar-refractivity contribution is 6.05. The summed E-state index contributed by atoms with van der Waals surface area (Å²) in [5, 5.41) is 12.6. The zero-order valence-corrected chi connectivity index (χ0v) is 16.8. The number of aliphatic hydroxyl groups excluding tert-OH is 1. The van der Waals surface area contributed by atoms with Crippen molar-refractivity contribution < 1.29 is 14.7 Å². The number of rotatable bonds is 2. The molecule has 4 rings (SSSR count). The predicted molar refractivity (Wildman–Crippen MR) is 111 cm³/mol. The first-order chi connectivity index (χ1) is 14.0. The highest BCUT2D eigenvalue weighted by Crippen LogP contribution is 2.23. The maximum Gasteiger partial charge on any atom is 0.273 e. The molecule has 1 aromatic heterocycles. The zero-order chi connectivity index (χ0) is 20.4. The van der Waals surface area contributed by atoms with E-state index in [1.807, 2.05) is 40.1 Å². The lowest BCUT2D eigenvalue weighted by atomic mass is 10.0. The van der Waals surface area contributed by atoms with Crippen molar-refractivity contribution in [2.75, 3.05) is 39.3 Å². The average molecular weight is 396 g/mol. The van der Waals surface area contributed by atoms with Crippen LogP contribution in [-0.2, 0) is 4.79 Å². The number of fused-ring (bicyclic) bond motifs is 1. The van der Waals surface area contributed by atoms with Crippen LogP contribution in [0.3, 0.4) is 0 Å². The van der Waals surface area contributed by atoms with Crippen LogP contribution in [0.5, 0.6) is 0 Å². The first kappa shape index (κ1) is 19.8. The molecule has 3 heterocycles. The van der Waals surface area contributed by atoms with E-state index in [0.29, 0.717) is 38.3 Å². The summed E-state index contributed by atoms with van der Waals surface area (Å²) in [5.74, 6) is 0.0291. The first-order valence-electron chi connectivity index (χ1n) is 10.4. The zero-order valence-electron chi connectivity index (χ0n) is 16.8. The lowest BCUT2D eigenvalue weighted by Gasteiger charge is -2.40. The number of carbonyl (C=O) groups is 2. The third kappa shape index (κ3) is 4.11. The molecule has 1 N–H and O–H groups in total. The Hall–Kier alpha value is -2.51. The van der Waals surface area contributed by atoms with Gasteiger partial charge >= 0.3 is 0 Å². The smallest absolute Gasteiger partial charge is 0.273 e. The highest BCUT2D eigenvalue weighted by Gasteiger charge is 2.33. The number of likely N-dealkylation sites (tertiary alicyclic amines) is 1. The summed E-state index contributed by atoms with van der Waals surface area (Å²) in [6.45, 7) is 5.64. The van der Waals surface area contributed by atoms with Gasteiger partial charge in [0.1, 0.15) is 5.69 Å². The van der Waals surface area contributed by atoms with Gasteiger partial charge in [-0.25, -0.2) is 0 Å². The molecule has 2 aromatic rings. The summed E-state index contributed by atoms with van der Waals surface area (Å²) in [6, 6.07) is 9.71. The van der Waals surface area contributed by atoms with Crippen molar-refractivity contribution in [3.8, 4) is 0 Å². The fourth-order valence-electron chi connectivity index (χ4n) is 4.51. The van der Waals surface area contributed by atoms with Gasteiger partial charge in [0, 0.05) is 63.8 Å². The van der Waals surface area contributed by atoms with Gasteiger partial charge in [-0.15, -0.1) is 0 Å². The molecular formula is C22H28N4O3. The largest absolute Gasteiger partial charge is 0.391 e. The molecule has 1 aromatic carbocycles. The number of aliphatic hydroxyl groups is 1. The quantitative estimate of drug-likeness (QED) is 0.830. The lowest BCUT2D eigenvalue weighted by Crippen LogP contribution is -2.54. The van der Waals surface area contributed by atoms with Crippen molar-refractivity contribution in [3.63, 3.8) is 0 Å². The van der Waals surface area contributed by atoms with Gasteiger partial charge in [-0.3, -0.25) is 19.5 Å². The van der Waals surface area contributed by atoms with Gasteiger partial charge in [0.15, 0.2) is 0 Å². The molecule has 2 fully saturated rings. The summed E-state index contributed by atoms with van der Waals surface area (Å²) in [5.41, 5.74) is 0.478. The lowest BCUT2D eigenvalue weighted by molar-refractivity contribution is -0.131. The van der Waals surface area contributed by atoms with E-state index < -0.39 is 6.10 Å². The van der Waals surface area contributed by atoms with E-state index >= 15 is 0 Å². The molecule has 2 aliphatic heterocycles. The number of hydrogen-bond acceptors (Lipinski definition) is 5. The predicted octanol–water partition coefficient (Wildman–Crippen LogP) is 1.36. The standard InChI is InChI=1S/C22H28N4O3/c1-16(27)24-12-14-25(15-13-24)19-7-10-26(11-8-20(19)28)22(29)21-18-5-3-2-4-17(18)6-9-23-21/h2-6,9,19-20,28H,7-8,10-15H2,1H3/t19-,20-/m0/s1. The van der Waals surface area contributed by atoms with Crippen molar-refractivity contribution in [1.29, 1.82) is 0 Å². The van der Waals surface area contributed by atoms with Crippen molar-refractivity contribution in [2.24, 2.45) is 0 Å². The fraction of sp³-hybridized carbons (Fsp3) is 0.500.